The fourth-order valence-corrected chi connectivity index (χ4v) is 10.6. The fraction of sp³-hybridized carbons (Fsp3) is 0.489. The van der Waals surface area contributed by atoms with E-state index in [0.29, 0.717) is 49.4 Å². The van der Waals surface area contributed by atoms with Crippen molar-refractivity contribution in [2.75, 3.05) is 62.6 Å². The van der Waals surface area contributed by atoms with Gasteiger partial charge in [0.05, 0.1) is 34.0 Å². The Labute approximate surface area is 364 Å². The van der Waals surface area contributed by atoms with Crippen molar-refractivity contribution >= 4 is 58.3 Å². The average Bonchev–Trinajstić information content (AvgIpc) is 3.48. The minimum atomic E-state index is -2.75. The number of carbonyl (C=O) groups excluding carboxylic acids is 5. The van der Waals surface area contributed by atoms with Crippen LogP contribution in [0.15, 0.2) is 48.7 Å². The zero-order chi connectivity index (χ0) is 46.0. The molecule has 3 aromatic rings. The lowest BCUT2D eigenvalue weighted by atomic mass is 9.49. The lowest BCUT2D eigenvalue weighted by Crippen LogP contribution is -2.74. The van der Waals surface area contributed by atoms with Crippen molar-refractivity contribution in [1.82, 2.24) is 25.0 Å². The van der Waals surface area contributed by atoms with Crippen molar-refractivity contribution in [2.45, 2.75) is 71.6 Å². The van der Waals surface area contributed by atoms with Crippen molar-refractivity contribution in [3.8, 4) is 5.75 Å². The molecule has 0 bridgehead atoms. The van der Waals surface area contributed by atoms with Gasteiger partial charge in [0, 0.05) is 86.4 Å². The molecule has 8 rings (SSSR count). The number of nitrogens with one attached hydrogen (secondary N) is 1. The van der Waals surface area contributed by atoms with E-state index in [0.717, 1.165) is 48.3 Å². The number of carbonyl (C=O) groups is 5. The molecular weight excluding hydrogens is 803 g/mol. The second-order valence-corrected chi connectivity index (χ2v) is 18.3. The number of hydrogen-bond donors (Lipinski definition) is 1. The molecule has 3 saturated heterocycles. The van der Waals surface area contributed by atoms with Gasteiger partial charge in [0.15, 0.2) is 0 Å². The third-order valence-corrected chi connectivity index (χ3v) is 13.5. The molecule has 61 heavy (non-hydrogen) atoms. The highest BCUT2D eigenvalue weighted by molar-refractivity contribution is 6.33. The molecule has 4 fully saturated rings. The van der Waals surface area contributed by atoms with Crippen LogP contribution in [0.3, 0.4) is 0 Å². The summed E-state index contributed by atoms with van der Waals surface area (Å²) in [5.41, 5.74) is -0.908. The molecule has 320 valence electrons. The molecule has 1 aromatic heterocycles. The molecule has 1 unspecified atom stereocenters. The first-order valence-electron chi connectivity index (χ1n) is 22.1. The van der Waals surface area contributed by atoms with Gasteiger partial charge in [-0.2, -0.15) is 0 Å². The lowest BCUT2D eigenvalue weighted by Gasteiger charge is -2.65. The quantitative estimate of drug-likeness (QED) is 0.207. The van der Waals surface area contributed by atoms with Gasteiger partial charge < -0.3 is 19.4 Å². The molecule has 4 aliphatic heterocycles. The maximum atomic E-state index is 15.5. The molecule has 5 heterocycles. The second-order valence-electron chi connectivity index (χ2n) is 17.9. The van der Waals surface area contributed by atoms with E-state index in [-0.39, 0.29) is 40.2 Å². The number of ether oxygens (including phenoxy) is 1. The van der Waals surface area contributed by atoms with Gasteiger partial charge in [-0.25, -0.2) is 14.2 Å². The van der Waals surface area contributed by atoms with Gasteiger partial charge in [0.1, 0.15) is 29.5 Å². The molecule has 1 atom stereocenters. The van der Waals surface area contributed by atoms with Crippen LogP contribution in [0, 0.1) is 29.1 Å². The third kappa shape index (κ3) is 7.58. The minimum Gasteiger partial charge on any atom is -0.489 e. The highest BCUT2D eigenvalue weighted by Crippen LogP contribution is 2.58. The average molecular weight is 856 g/mol. The monoisotopic (exact) mass is 855 g/mol. The van der Waals surface area contributed by atoms with Crippen LogP contribution < -0.4 is 19.9 Å². The van der Waals surface area contributed by atoms with Crippen LogP contribution in [0.25, 0.3) is 4.85 Å². The molecule has 1 aliphatic carbocycles. The fourth-order valence-electron chi connectivity index (χ4n) is 10.4. The highest BCUT2D eigenvalue weighted by Gasteiger charge is 2.65. The summed E-state index contributed by atoms with van der Waals surface area (Å²) >= 11 is 6.26. The number of anilines is 2. The van der Waals surface area contributed by atoms with Gasteiger partial charge in [-0.05, 0) is 61.6 Å². The Balaban J connectivity index is 0.843. The van der Waals surface area contributed by atoms with Crippen molar-refractivity contribution < 1.29 is 37.2 Å². The summed E-state index contributed by atoms with van der Waals surface area (Å²) in [5, 5.41) is 2.42. The van der Waals surface area contributed by atoms with Gasteiger partial charge in [-0.15, -0.1) is 0 Å². The van der Waals surface area contributed by atoms with Crippen molar-refractivity contribution in [1.29, 1.82) is 0 Å². The first kappa shape index (κ1) is 38.3. The maximum absolute atomic E-state index is 15.5. The van der Waals surface area contributed by atoms with Crippen LogP contribution in [0.2, 0.25) is 5.02 Å². The van der Waals surface area contributed by atoms with E-state index in [1.165, 1.54) is 12.3 Å². The maximum Gasteiger partial charge on any atom is 0.262 e. The van der Waals surface area contributed by atoms with E-state index in [4.69, 9.17) is 27.0 Å². The van der Waals surface area contributed by atoms with E-state index in [9.17, 15) is 24.0 Å². The number of hydrogen-bond acceptors (Lipinski definition) is 10. The number of amides is 5. The van der Waals surface area contributed by atoms with Crippen molar-refractivity contribution in [2.24, 2.45) is 16.7 Å². The van der Waals surface area contributed by atoms with Crippen LogP contribution in [0.5, 0.6) is 5.75 Å². The van der Waals surface area contributed by atoms with E-state index in [1.54, 1.807) is 30.3 Å². The summed E-state index contributed by atoms with van der Waals surface area (Å²) in [6.07, 6.45) is 2.79. The predicted octanol–water partition coefficient (Wildman–Crippen LogP) is 5.82. The van der Waals surface area contributed by atoms with Crippen LogP contribution in [-0.2, 0) is 9.59 Å². The van der Waals surface area contributed by atoms with Crippen LogP contribution in [0.4, 0.5) is 21.6 Å². The van der Waals surface area contributed by atoms with Crippen molar-refractivity contribution in [3.63, 3.8) is 0 Å². The van der Waals surface area contributed by atoms with E-state index in [1.807, 2.05) is 32.6 Å². The SMILES string of the molecule is [2H]C([2H])([2H])N(C(=O)c1ccc(N2CCC(CN3CCN(c4cc5c(cc4F)C(=O)N(C4CCC(=O)NC4=O)C5=O)CC3)CC2)nc1)C1C(C)(C)C(Oc2ccc([N+]#[C-])c(Cl)c2)C1(C)C. The summed E-state index contributed by atoms with van der Waals surface area (Å²) in [6, 6.07) is 8.84. The Morgan fingerprint density at radius 2 is 1.66 bits per heavy atom. The molecule has 5 aliphatic rings. The summed E-state index contributed by atoms with van der Waals surface area (Å²) in [6.45, 7) is 16.8. The van der Waals surface area contributed by atoms with Gasteiger partial charge in [0.2, 0.25) is 17.5 Å². The topological polar surface area (TPSA) is 140 Å². The number of halogens is 2. The van der Waals surface area contributed by atoms with E-state index >= 15 is 4.39 Å². The third-order valence-electron chi connectivity index (χ3n) is 13.2. The van der Waals surface area contributed by atoms with Gasteiger partial charge in [-0.3, -0.25) is 39.1 Å². The normalized spacial score (nSPS) is 24.8. The number of benzene rings is 2. The van der Waals surface area contributed by atoms with Gasteiger partial charge in [-0.1, -0.05) is 45.4 Å². The molecule has 2 aromatic carbocycles. The molecular formula is C45H50ClFN8O6. The van der Waals surface area contributed by atoms with Gasteiger partial charge in [0.25, 0.3) is 17.7 Å². The molecule has 14 nitrogen and oxygen atoms in total. The van der Waals surface area contributed by atoms with Crippen LogP contribution >= 0.6 is 11.6 Å². The molecule has 0 spiro atoms. The Morgan fingerprint density at radius 3 is 2.26 bits per heavy atom. The molecule has 1 saturated carbocycles. The summed E-state index contributed by atoms with van der Waals surface area (Å²) in [5.74, 6) is -2.32. The number of fused-ring (bicyclic) bond motifs is 1. The largest absolute Gasteiger partial charge is 0.489 e. The number of rotatable bonds is 9. The number of imide groups is 2. The Bertz CT molecular complexity index is 2430. The molecule has 0 radical (unpaired) electrons. The van der Waals surface area contributed by atoms with E-state index in [2.05, 4.69) is 24.9 Å². The Morgan fingerprint density at radius 1 is 0.967 bits per heavy atom. The summed E-state index contributed by atoms with van der Waals surface area (Å²) in [4.78, 5) is 80.9. The van der Waals surface area contributed by atoms with Gasteiger partial charge >= 0.3 is 0 Å². The smallest absolute Gasteiger partial charge is 0.262 e. The number of nitrogens with zero attached hydrogens (tertiary/aromatic N) is 7. The van der Waals surface area contributed by atoms with E-state index < -0.39 is 71.3 Å². The second kappa shape index (κ2) is 16.0. The zero-order valence-corrected chi connectivity index (χ0v) is 35.3. The number of piperidine rings is 2. The standard InChI is InChI=1S/C45H50ClFN8O6/c1-44(2)42(45(3,4)43(44)61-28-8-9-33(48-5)31(46)21-28)51(6)39(58)27-7-11-36(49-24-27)54-15-13-26(14-16-54)25-52-17-19-53(20-18-52)35-23-30-29(22-32(35)47)40(59)55(41(30)60)34-10-12-37(56)50-38(34)57/h7-9,11,21-24,26,34,42-43H,10,12-20,25H2,1-4,6H3,(H,50,56,57)/i6D3. The lowest BCUT2D eigenvalue weighted by molar-refractivity contribution is -0.195. The first-order valence-corrected chi connectivity index (χ1v) is 21.0. The Hall–Kier alpha value is -5.59. The number of pyridine rings is 1. The minimum absolute atomic E-state index is 0.00264. The van der Waals surface area contributed by atoms with Crippen LogP contribution in [0.1, 0.15) is 88.6 Å². The van der Waals surface area contributed by atoms with Crippen molar-refractivity contribution in [3.05, 3.63) is 87.6 Å². The molecule has 1 N–H and O–H groups in total. The molecule has 5 amide bonds. The Kier molecular flexibility index (Phi) is 10.1. The molecule has 16 heteroatoms. The summed E-state index contributed by atoms with van der Waals surface area (Å²) in [7, 11) is 0. The number of aromatic nitrogens is 1. The zero-order valence-electron chi connectivity index (χ0n) is 37.5. The predicted molar refractivity (Wildman–Crippen MR) is 226 cm³/mol. The number of piperazine rings is 1. The summed E-state index contributed by atoms with van der Waals surface area (Å²) < 4.78 is 47.3. The first-order chi connectivity index (χ1) is 30.2. The van der Waals surface area contributed by atoms with Crippen LogP contribution in [-0.4, -0.2) is 120 Å². The highest BCUT2D eigenvalue weighted by atomic mass is 35.5.